The van der Waals surface area contributed by atoms with Gasteiger partial charge in [0, 0.05) is 12.4 Å². The first-order valence-electron chi connectivity index (χ1n) is 4.48. The summed E-state index contributed by atoms with van der Waals surface area (Å²) in [5.41, 5.74) is 0.651. The zero-order valence-electron chi connectivity index (χ0n) is 9.12. The van der Waals surface area contributed by atoms with Crippen LogP contribution in [0.2, 0.25) is 0 Å². The van der Waals surface area contributed by atoms with Gasteiger partial charge in [0.15, 0.2) is 0 Å². The van der Waals surface area contributed by atoms with Crippen LogP contribution >= 0.6 is 0 Å². The molecule has 1 N–H and O–H groups in total. The predicted molar refractivity (Wildman–Crippen MR) is 53.5 cm³/mol. The summed E-state index contributed by atoms with van der Waals surface area (Å²) in [6.45, 7) is 0. The molecule has 2 rings (SSSR count). The smallest absolute Gasteiger partial charge is 0.545 e. The maximum atomic E-state index is 10.5. The van der Waals surface area contributed by atoms with Crippen LogP contribution in [0.3, 0.4) is 0 Å². The van der Waals surface area contributed by atoms with Gasteiger partial charge in [0.1, 0.15) is 0 Å². The number of benzene rings is 1. The average Bonchev–Trinajstić information content (AvgIpc) is 2.80. The third-order valence-corrected chi connectivity index (χ3v) is 1.85. The number of azo groups is 1. The molecule has 2 aromatic rings. The van der Waals surface area contributed by atoms with Crippen LogP contribution in [-0.2, 0) is 0 Å². The molecule has 0 aliphatic heterocycles. The number of imidazole rings is 1. The van der Waals surface area contributed by atoms with E-state index in [1.807, 2.05) is 0 Å². The number of carbonyl (C=O) groups excluding carboxylic acids is 1. The van der Waals surface area contributed by atoms with Crippen LogP contribution in [0, 0.1) is 0 Å². The van der Waals surface area contributed by atoms with Gasteiger partial charge in [-0.3, -0.25) is 0 Å². The Hall–Kier alpha value is -1.50. The van der Waals surface area contributed by atoms with E-state index in [-0.39, 0.29) is 35.1 Å². The molecule has 1 aromatic carbocycles. The topological polar surface area (TPSA) is 93.5 Å². The molecular weight excluding hydrogens is 231 g/mol. The summed E-state index contributed by atoms with van der Waals surface area (Å²) in [5.74, 6) is -0.821. The van der Waals surface area contributed by atoms with E-state index >= 15 is 0 Å². The molecule has 0 amide bonds. The van der Waals surface area contributed by atoms with Crippen molar-refractivity contribution in [2.24, 2.45) is 10.2 Å². The van der Waals surface area contributed by atoms with Gasteiger partial charge >= 0.3 is 29.6 Å². The second-order valence-corrected chi connectivity index (χ2v) is 2.95. The van der Waals surface area contributed by atoms with Gasteiger partial charge in [0.25, 0.3) is 0 Å². The number of aromatic carboxylic acids is 1. The third kappa shape index (κ3) is 3.77. The van der Waals surface area contributed by atoms with Crippen molar-refractivity contribution in [2.45, 2.75) is 0 Å². The van der Waals surface area contributed by atoms with Crippen LogP contribution in [0.15, 0.2) is 46.9 Å². The van der Waals surface area contributed by atoms with Crippen LogP contribution in [-0.4, -0.2) is 15.9 Å². The second kappa shape index (κ2) is 6.29. The van der Waals surface area contributed by atoms with Gasteiger partial charge in [-0.1, -0.05) is 12.1 Å². The van der Waals surface area contributed by atoms with E-state index in [4.69, 9.17) is 0 Å². The Kier molecular flexibility index (Phi) is 5.02. The largest absolute Gasteiger partial charge is 1.00 e. The number of nitrogens with zero attached hydrogens (tertiary/aromatic N) is 3. The minimum absolute atomic E-state index is 0. The van der Waals surface area contributed by atoms with E-state index < -0.39 is 5.97 Å². The van der Waals surface area contributed by atoms with E-state index in [1.54, 1.807) is 12.4 Å². The van der Waals surface area contributed by atoms with Crippen molar-refractivity contribution in [3.63, 3.8) is 0 Å². The Morgan fingerprint density at radius 3 is 2.47 bits per heavy atom. The number of H-pyrrole nitrogens is 1. The molecule has 80 valence electrons. The summed E-state index contributed by atoms with van der Waals surface area (Å²) >= 11 is 0. The molecule has 0 saturated carbocycles. The van der Waals surface area contributed by atoms with E-state index in [1.165, 1.54) is 24.3 Å². The molecule has 1 aromatic heterocycles. The molecule has 0 radical (unpaired) electrons. The number of rotatable bonds is 3. The van der Waals surface area contributed by atoms with Crippen molar-refractivity contribution < 1.29 is 39.5 Å². The summed E-state index contributed by atoms with van der Waals surface area (Å²) in [6.07, 6.45) is 3.20. The molecule has 17 heavy (non-hydrogen) atoms. The van der Waals surface area contributed by atoms with Gasteiger partial charge in [-0.25, -0.2) is 4.98 Å². The summed E-state index contributed by atoms with van der Waals surface area (Å²) in [4.78, 5) is 17.1. The number of carboxylic acid groups (broad SMARTS) is 1. The molecule has 7 heteroatoms. The number of aromatic nitrogens is 2. The van der Waals surface area contributed by atoms with Crippen LogP contribution in [0.4, 0.5) is 11.6 Å². The van der Waals surface area contributed by atoms with Gasteiger partial charge in [-0.05, 0) is 17.7 Å². The van der Waals surface area contributed by atoms with Gasteiger partial charge < -0.3 is 14.9 Å². The fourth-order valence-electron chi connectivity index (χ4n) is 1.08. The Balaban J connectivity index is 0.00000144. The van der Waals surface area contributed by atoms with Gasteiger partial charge in [-0.2, -0.15) is 0 Å². The number of nitrogens with one attached hydrogen (secondary N) is 1. The Morgan fingerprint density at radius 2 is 1.94 bits per heavy atom. The fraction of sp³-hybridized carbons (Fsp3) is 0. The zero-order chi connectivity index (χ0) is 11.4. The SMILES string of the molecule is O=C([O-])c1ccc(N=Nc2ncc[nH]2)cc1.[Na+]. The quantitative estimate of drug-likeness (QED) is 0.504. The first kappa shape index (κ1) is 13.6. The normalized spacial score (nSPS) is 10.1. The Bertz CT molecular complexity index is 508. The summed E-state index contributed by atoms with van der Waals surface area (Å²) < 4.78 is 0. The molecule has 0 aliphatic carbocycles. The van der Waals surface area contributed by atoms with Crippen LogP contribution in [0.1, 0.15) is 10.4 Å². The standard InChI is InChI=1S/C10H8N4O2.Na/c15-9(16)7-1-3-8(4-2-7)13-14-10-11-5-6-12-10;/h1-6H,(H,11,12)(H,15,16);/q;+1/p-1. The minimum atomic E-state index is -1.21. The van der Waals surface area contributed by atoms with Crippen LogP contribution in [0.25, 0.3) is 0 Å². The van der Waals surface area contributed by atoms with Gasteiger partial charge in [0.2, 0.25) is 5.95 Å². The second-order valence-electron chi connectivity index (χ2n) is 2.95. The number of hydrogen-bond acceptors (Lipinski definition) is 5. The molecule has 6 nitrogen and oxygen atoms in total. The molecule has 0 aliphatic rings. The maximum absolute atomic E-state index is 10.5. The van der Waals surface area contributed by atoms with Crippen molar-refractivity contribution in [1.82, 2.24) is 9.97 Å². The van der Waals surface area contributed by atoms with Crippen molar-refractivity contribution in [3.8, 4) is 0 Å². The molecule has 0 fully saturated rings. The first-order valence-corrected chi connectivity index (χ1v) is 4.48. The van der Waals surface area contributed by atoms with Crippen molar-refractivity contribution in [2.75, 3.05) is 0 Å². The molecule has 0 atom stereocenters. The van der Waals surface area contributed by atoms with Crippen LogP contribution in [0.5, 0.6) is 0 Å². The van der Waals surface area contributed by atoms with Crippen molar-refractivity contribution in [1.29, 1.82) is 0 Å². The minimum Gasteiger partial charge on any atom is -0.545 e. The molecule has 0 saturated heterocycles. The predicted octanol–water partition coefficient (Wildman–Crippen LogP) is -1.81. The Morgan fingerprint density at radius 1 is 1.24 bits per heavy atom. The van der Waals surface area contributed by atoms with E-state index in [2.05, 4.69) is 20.2 Å². The van der Waals surface area contributed by atoms with Crippen molar-refractivity contribution in [3.05, 3.63) is 42.2 Å². The Labute approximate surface area is 119 Å². The number of hydrogen-bond donors (Lipinski definition) is 1. The van der Waals surface area contributed by atoms with Crippen LogP contribution < -0.4 is 34.7 Å². The molecule has 0 spiro atoms. The number of carbonyl (C=O) groups is 1. The first-order chi connectivity index (χ1) is 7.75. The average molecular weight is 238 g/mol. The summed E-state index contributed by atoms with van der Waals surface area (Å²) in [5, 5.41) is 18.2. The summed E-state index contributed by atoms with van der Waals surface area (Å²) in [7, 11) is 0. The fourth-order valence-corrected chi connectivity index (χ4v) is 1.08. The number of carboxylic acids is 1. The maximum Gasteiger partial charge on any atom is 1.00 e. The third-order valence-electron chi connectivity index (χ3n) is 1.85. The van der Waals surface area contributed by atoms with Gasteiger partial charge in [0.05, 0.1) is 11.7 Å². The molecule has 0 bridgehead atoms. The monoisotopic (exact) mass is 238 g/mol. The van der Waals surface area contributed by atoms with Crippen molar-refractivity contribution >= 4 is 17.6 Å². The zero-order valence-corrected chi connectivity index (χ0v) is 11.1. The van der Waals surface area contributed by atoms with Gasteiger partial charge in [-0.15, -0.1) is 10.2 Å². The van der Waals surface area contributed by atoms with E-state index in [0.29, 0.717) is 11.6 Å². The molecule has 0 unspecified atom stereocenters. The number of aromatic amines is 1. The van der Waals surface area contributed by atoms with E-state index in [9.17, 15) is 9.90 Å². The molecule has 1 heterocycles. The molecular formula is C10H7N4NaO2. The summed E-state index contributed by atoms with van der Waals surface area (Å²) in [6, 6.07) is 5.90. The van der Waals surface area contributed by atoms with E-state index in [0.717, 1.165) is 0 Å².